The normalized spacial score (nSPS) is 17.6. The Kier molecular flexibility index (Phi) is 5.64. The van der Waals surface area contributed by atoms with E-state index in [0.29, 0.717) is 25.4 Å². The number of aliphatic carboxylic acids is 1. The highest BCUT2D eigenvalue weighted by atomic mass is 16.5. The predicted octanol–water partition coefficient (Wildman–Crippen LogP) is -0.144. The number of carboxylic acid groups (broad SMARTS) is 1. The Morgan fingerprint density at radius 2 is 2.22 bits per heavy atom. The summed E-state index contributed by atoms with van der Waals surface area (Å²) in [6, 6.07) is 5.11. The minimum absolute atomic E-state index is 0.133. The van der Waals surface area contributed by atoms with Crippen molar-refractivity contribution in [3.05, 3.63) is 30.1 Å². The Balaban J connectivity index is 1.98. The molecule has 1 aliphatic heterocycles. The first-order chi connectivity index (χ1) is 11.0. The number of hydrogen-bond donors (Lipinski definition) is 1. The lowest BCUT2D eigenvalue weighted by atomic mass is 10.2. The number of carboxylic acids is 1. The monoisotopic (exact) mass is 321 g/mol. The van der Waals surface area contributed by atoms with E-state index in [1.54, 1.807) is 29.3 Å². The van der Waals surface area contributed by atoms with Crippen molar-refractivity contribution in [3.8, 4) is 0 Å². The SMILES string of the molecule is CC(=O)N(CC(=O)O)CC1CN(C(=O)c2ccccn2)CCO1. The summed E-state index contributed by atoms with van der Waals surface area (Å²) < 4.78 is 5.56. The maximum absolute atomic E-state index is 12.4. The first kappa shape index (κ1) is 16.9. The number of nitrogens with zero attached hydrogens (tertiary/aromatic N) is 3. The first-order valence-electron chi connectivity index (χ1n) is 7.26. The van der Waals surface area contributed by atoms with Crippen molar-refractivity contribution in [2.75, 3.05) is 32.8 Å². The van der Waals surface area contributed by atoms with Gasteiger partial charge in [-0.3, -0.25) is 19.4 Å². The van der Waals surface area contributed by atoms with Gasteiger partial charge in [0.2, 0.25) is 5.91 Å². The minimum Gasteiger partial charge on any atom is -0.480 e. The van der Waals surface area contributed by atoms with Gasteiger partial charge in [-0.25, -0.2) is 0 Å². The summed E-state index contributed by atoms with van der Waals surface area (Å²) in [5, 5.41) is 8.84. The maximum Gasteiger partial charge on any atom is 0.323 e. The lowest BCUT2D eigenvalue weighted by Crippen LogP contribution is -2.51. The molecule has 1 fully saturated rings. The van der Waals surface area contributed by atoms with E-state index in [1.165, 1.54) is 11.8 Å². The Labute approximate surface area is 133 Å². The average molecular weight is 321 g/mol. The van der Waals surface area contributed by atoms with Crippen molar-refractivity contribution in [3.63, 3.8) is 0 Å². The molecule has 1 N–H and O–H groups in total. The molecular weight excluding hydrogens is 302 g/mol. The second-order valence-corrected chi connectivity index (χ2v) is 5.25. The molecule has 1 saturated heterocycles. The number of morpholine rings is 1. The topological polar surface area (TPSA) is 100 Å². The summed E-state index contributed by atoms with van der Waals surface area (Å²) >= 11 is 0. The molecule has 124 valence electrons. The molecule has 0 aromatic carbocycles. The van der Waals surface area contributed by atoms with E-state index in [-0.39, 0.29) is 24.9 Å². The Hall–Kier alpha value is -2.48. The van der Waals surface area contributed by atoms with Gasteiger partial charge in [-0.1, -0.05) is 6.07 Å². The number of ether oxygens (including phenoxy) is 1. The third kappa shape index (κ3) is 4.75. The minimum atomic E-state index is -1.09. The van der Waals surface area contributed by atoms with E-state index >= 15 is 0 Å². The Morgan fingerprint density at radius 1 is 1.43 bits per heavy atom. The Bertz CT molecular complexity index is 578. The van der Waals surface area contributed by atoms with Crippen LogP contribution in [0.2, 0.25) is 0 Å². The molecule has 0 radical (unpaired) electrons. The van der Waals surface area contributed by atoms with E-state index in [4.69, 9.17) is 9.84 Å². The summed E-state index contributed by atoms with van der Waals surface area (Å²) in [4.78, 5) is 41.5. The molecule has 1 aromatic rings. The molecule has 1 aliphatic rings. The number of hydrogen-bond acceptors (Lipinski definition) is 5. The maximum atomic E-state index is 12.4. The van der Waals surface area contributed by atoms with Gasteiger partial charge in [-0.05, 0) is 12.1 Å². The number of carbonyl (C=O) groups excluding carboxylic acids is 2. The van der Waals surface area contributed by atoms with Gasteiger partial charge in [0.15, 0.2) is 0 Å². The number of pyridine rings is 1. The molecule has 2 rings (SSSR count). The molecule has 1 unspecified atom stereocenters. The van der Waals surface area contributed by atoms with Crippen LogP contribution in [0, 0.1) is 0 Å². The predicted molar refractivity (Wildman–Crippen MR) is 79.8 cm³/mol. The van der Waals surface area contributed by atoms with Crippen LogP contribution in [0.5, 0.6) is 0 Å². The van der Waals surface area contributed by atoms with Crippen LogP contribution in [0.4, 0.5) is 0 Å². The molecular formula is C15H19N3O5. The van der Waals surface area contributed by atoms with Crippen LogP contribution in [0.1, 0.15) is 17.4 Å². The van der Waals surface area contributed by atoms with Crippen molar-refractivity contribution in [1.29, 1.82) is 0 Å². The zero-order valence-corrected chi connectivity index (χ0v) is 12.8. The van der Waals surface area contributed by atoms with E-state index in [0.717, 1.165) is 0 Å². The quantitative estimate of drug-likeness (QED) is 0.810. The highest BCUT2D eigenvalue weighted by Crippen LogP contribution is 2.11. The summed E-state index contributed by atoms with van der Waals surface area (Å²) in [6.45, 7) is 2.12. The van der Waals surface area contributed by atoms with Gasteiger partial charge in [-0.15, -0.1) is 0 Å². The van der Waals surface area contributed by atoms with Crippen LogP contribution in [-0.4, -0.2) is 76.6 Å². The van der Waals surface area contributed by atoms with E-state index in [1.807, 2.05) is 0 Å². The van der Waals surface area contributed by atoms with E-state index in [9.17, 15) is 14.4 Å². The number of rotatable bonds is 5. The molecule has 0 aliphatic carbocycles. The van der Waals surface area contributed by atoms with Crippen LogP contribution in [0.3, 0.4) is 0 Å². The molecule has 8 nitrogen and oxygen atoms in total. The third-order valence-corrected chi connectivity index (χ3v) is 3.51. The van der Waals surface area contributed by atoms with Crippen LogP contribution in [0.15, 0.2) is 24.4 Å². The molecule has 2 heterocycles. The van der Waals surface area contributed by atoms with E-state index < -0.39 is 12.1 Å². The van der Waals surface area contributed by atoms with Crippen LogP contribution in [0.25, 0.3) is 0 Å². The molecule has 0 spiro atoms. The Morgan fingerprint density at radius 3 is 2.83 bits per heavy atom. The second-order valence-electron chi connectivity index (χ2n) is 5.25. The van der Waals surface area contributed by atoms with Gasteiger partial charge in [0, 0.05) is 32.8 Å². The molecule has 2 amide bonds. The highest BCUT2D eigenvalue weighted by molar-refractivity contribution is 5.92. The van der Waals surface area contributed by atoms with Crippen molar-refractivity contribution >= 4 is 17.8 Å². The lowest BCUT2D eigenvalue weighted by Gasteiger charge is -2.35. The lowest BCUT2D eigenvalue weighted by molar-refractivity contribution is -0.145. The largest absolute Gasteiger partial charge is 0.480 e. The standard InChI is InChI=1S/C15H19N3O5/c1-11(19)18(10-14(20)21)9-12-8-17(6-7-23-12)15(22)13-4-2-3-5-16-13/h2-5,12H,6-10H2,1H3,(H,20,21). The number of amides is 2. The molecule has 8 heteroatoms. The fraction of sp³-hybridized carbons (Fsp3) is 0.467. The summed E-state index contributed by atoms with van der Waals surface area (Å²) in [5.41, 5.74) is 0.349. The van der Waals surface area contributed by atoms with Gasteiger partial charge in [0.05, 0.1) is 12.7 Å². The van der Waals surface area contributed by atoms with Crippen LogP contribution < -0.4 is 0 Å². The van der Waals surface area contributed by atoms with Gasteiger partial charge in [0.1, 0.15) is 12.2 Å². The first-order valence-corrected chi connectivity index (χ1v) is 7.26. The molecule has 0 saturated carbocycles. The summed E-state index contributed by atoms with van der Waals surface area (Å²) in [6.07, 6.45) is 1.13. The number of carbonyl (C=O) groups is 3. The summed E-state index contributed by atoms with van der Waals surface area (Å²) in [5.74, 6) is -1.63. The summed E-state index contributed by atoms with van der Waals surface area (Å²) in [7, 11) is 0. The second kappa shape index (κ2) is 7.68. The van der Waals surface area contributed by atoms with Gasteiger partial charge < -0.3 is 19.6 Å². The number of aromatic nitrogens is 1. The smallest absolute Gasteiger partial charge is 0.323 e. The van der Waals surface area contributed by atoms with Crippen molar-refractivity contribution in [1.82, 2.24) is 14.8 Å². The van der Waals surface area contributed by atoms with Crippen molar-refractivity contribution in [2.24, 2.45) is 0 Å². The van der Waals surface area contributed by atoms with Gasteiger partial charge in [-0.2, -0.15) is 0 Å². The molecule has 23 heavy (non-hydrogen) atoms. The van der Waals surface area contributed by atoms with E-state index in [2.05, 4.69) is 4.98 Å². The van der Waals surface area contributed by atoms with Crippen LogP contribution in [-0.2, 0) is 14.3 Å². The van der Waals surface area contributed by atoms with Crippen molar-refractivity contribution in [2.45, 2.75) is 13.0 Å². The molecule has 1 aromatic heterocycles. The zero-order chi connectivity index (χ0) is 16.8. The molecule has 1 atom stereocenters. The van der Waals surface area contributed by atoms with Crippen LogP contribution >= 0.6 is 0 Å². The molecule has 0 bridgehead atoms. The third-order valence-electron chi connectivity index (χ3n) is 3.51. The highest BCUT2D eigenvalue weighted by Gasteiger charge is 2.28. The average Bonchev–Trinajstić information content (AvgIpc) is 2.54. The van der Waals surface area contributed by atoms with Gasteiger partial charge >= 0.3 is 5.97 Å². The van der Waals surface area contributed by atoms with Crippen molar-refractivity contribution < 1.29 is 24.2 Å². The fourth-order valence-electron chi connectivity index (χ4n) is 2.38. The fourth-order valence-corrected chi connectivity index (χ4v) is 2.38. The zero-order valence-electron chi connectivity index (χ0n) is 12.8. The van der Waals surface area contributed by atoms with Gasteiger partial charge in [0.25, 0.3) is 5.91 Å².